The first-order chi connectivity index (χ1) is 14.6. The van der Waals surface area contributed by atoms with Gasteiger partial charge < -0.3 is 10.2 Å². The van der Waals surface area contributed by atoms with Crippen molar-refractivity contribution in [2.75, 3.05) is 24.2 Å². The quantitative estimate of drug-likeness (QED) is 0.562. The first kappa shape index (κ1) is 24.9. The maximum atomic E-state index is 13.4. The van der Waals surface area contributed by atoms with E-state index in [0.717, 1.165) is 21.7 Å². The number of aryl methyl sites for hydroxylation is 1. The monoisotopic (exact) mass is 509 g/mol. The third kappa shape index (κ3) is 6.54. The Bertz CT molecular complexity index is 1040. The number of hydrogen-bond donors (Lipinski definition) is 1. The highest BCUT2D eigenvalue weighted by Crippen LogP contribution is 2.28. The van der Waals surface area contributed by atoms with Crippen molar-refractivity contribution < 1.29 is 18.0 Å². The van der Waals surface area contributed by atoms with Crippen LogP contribution in [0.25, 0.3) is 0 Å². The number of carbonyl (C=O) groups is 2. The van der Waals surface area contributed by atoms with E-state index < -0.39 is 28.5 Å². The number of sulfonamides is 1. The molecule has 0 aliphatic heterocycles. The summed E-state index contributed by atoms with van der Waals surface area (Å²) in [5.41, 5.74) is 2.26. The van der Waals surface area contributed by atoms with Crippen LogP contribution in [0.3, 0.4) is 0 Å². The lowest BCUT2D eigenvalue weighted by Crippen LogP contribution is -2.51. The summed E-state index contributed by atoms with van der Waals surface area (Å²) in [5.74, 6) is -0.756. The van der Waals surface area contributed by atoms with Gasteiger partial charge in [0.1, 0.15) is 12.6 Å². The van der Waals surface area contributed by atoms with E-state index in [0.29, 0.717) is 16.6 Å². The molecule has 0 heterocycles. The van der Waals surface area contributed by atoms with E-state index in [1.165, 1.54) is 11.9 Å². The van der Waals surface area contributed by atoms with Crippen molar-refractivity contribution in [1.29, 1.82) is 0 Å². The van der Waals surface area contributed by atoms with Crippen LogP contribution in [0.1, 0.15) is 24.5 Å². The Morgan fingerprint density at radius 1 is 1.13 bits per heavy atom. The first-order valence-corrected chi connectivity index (χ1v) is 12.5. The van der Waals surface area contributed by atoms with Gasteiger partial charge in [0.2, 0.25) is 21.8 Å². The third-order valence-electron chi connectivity index (χ3n) is 4.87. The average Bonchev–Trinajstić information content (AvgIpc) is 2.71. The number of anilines is 1. The van der Waals surface area contributed by atoms with Gasteiger partial charge in [0.25, 0.3) is 0 Å². The van der Waals surface area contributed by atoms with Crippen LogP contribution in [0, 0.1) is 6.92 Å². The van der Waals surface area contributed by atoms with Crippen LogP contribution in [0.15, 0.2) is 53.0 Å². The topological polar surface area (TPSA) is 86.8 Å². The zero-order valence-corrected chi connectivity index (χ0v) is 20.5. The molecule has 0 aromatic heterocycles. The molecule has 0 spiro atoms. The fraction of sp³-hybridized carbons (Fsp3) is 0.364. The van der Waals surface area contributed by atoms with Crippen LogP contribution in [-0.4, -0.2) is 51.0 Å². The van der Waals surface area contributed by atoms with Gasteiger partial charge in [-0.25, -0.2) is 8.42 Å². The van der Waals surface area contributed by atoms with Crippen LogP contribution >= 0.6 is 15.9 Å². The minimum absolute atomic E-state index is 0.194. The second-order valence-electron chi connectivity index (χ2n) is 7.27. The fourth-order valence-electron chi connectivity index (χ4n) is 3.34. The number of hydrogen-bond acceptors (Lipinski definition) is 4. The summed E-state index contributed by atoms with van der Waals surface area (Å²) in [4.78, 5) is 27.4. The molecule has 0 fully saturated rings. The molecule has 1 atom stereocenters. The summed E-state index contributed by atoms with van der Waals surface area (Å²) in [6.45, 7) is 3.54. The van der Waals surface area contributed by atoms with Crippen molar-refractivity contribution in [3.05, 3.63) is 64.1 Å². The lowest BCUT2D eigenvalue weighted by molar-refractivity contribution is -0.140. The van der Waals surface area contributed by atoms with E-state index >= 15 is 0 Å². The van der Waals surface area contributed by atoms with E-state index in [1.807, 2.05) is 38.1 Å². The van der Waals surface area contributed by atoms with Gasteiger partial charge in [0, 0.05) is 18.1 Å². The van der Waals surface area contributed by atoms with Gasteiger partial charge in [-0.1, -0.05) is 48.9 Å². The summed E-state index contributed by atoms with van der Waals surface area (Å²) in [6, 6.07) is 13.7. The standard InChI is InChI=1S/C22H28BrN3O4S/c1-5-19(22(28)24-3)25(14-17-10-8-9-16(2)13-17)21(27)15-26(31(4,29)30)20-12-7-6-11-18(20)23/h6-13,19H,5,14-15H2,1-4H3,(H,24,28)/t19-/m0/s1. The van der Waals surface area contributed by atoms with Gasteiger partial charge in [0.05, 0.1) is 11.9 Å². The van der Waals surface area contributed by atoms with Gasteiger partial charge in [-0.2, -0.15) is 0 Å². The number of benzene rings is 2. The molecule has 2 aromatic rings. The van der Waals surface area contributed by atoms with Crippen LogP contribution in [0.5, 0.6) is 0 Å². The molecule has 0 unspecified atom stereocenters. The molecule has 168 valence electrons. The Morgan fingerprint density at radius 3 is 2.35 bits per heavy atom. The molecular formula is C22H28BrN3O4S. The van der Waals surface area contributed by atoms with E-state index in [-0.39, 0.29) is 12.5 Å². The van der Waals surface area contributed by atoms with Crippen LogP contribution < -0.4 is 9.62 Å². The first-order valence-electron chi connectivity index (χ1n) is 9.87. The summed E-state index contributed by atoms with van der Waals surface area (Å²) < 4.78 is 26.7. The minimum atomic E-state index is -3.75. The number of amides is 2. The molecule has 0 radical (unpaired) electrons. The molecule has 1 N–H and O–H groups in total. The summed E-state index contributed by atoms with van der Waals surface area (Å²) in [6.07, 6.45) is 1.45. The second-order valence-corrected chi connectivity index (χ2v) is 10.0. The Hall–Kier alpha value is -2.39. The molecule has 0 aliphatic rings. The Morgan fingerprint density at radius 2 is 1.81 bits per heavy atom. The number of halogens is 1. The molecule has 0 aliphatic carbocycles. The van der Waals surface area contributed by atoms with Gasteiger partial charge >= 0.3 is 0 Å². The summed E-state index contributed by atoms with van der Waals surface area (Å²) in [5, 5.41) is 2.60. The van der Waals surface area contributed by atoms with Crippen molar-refractivity contribution in [1.82, 2.24) is 10.2 Å². The van der Waals surface area contributed by atoms with E-state index in [2.05, 4.69) is 21.2 Å². The van der Waals surface area contributed by atoms with Gasteiger partial charge in [-0.3, -0.25) is 13.9 Å². The second kappa shape index (κ2) is 10.8. The molecule has 2 aromatic carbocycles. The van der Waals surface area contributed by atoms with Crippen LogP contribution in [0.4, 0.5) is 5.69 Å². The van der Waals surface area contributed by atoms with E-state index in [1.54, 1.807) is 24.3 Å². The lowest BCUT2D eigenvalue weighted by Gasteiger charge is -2.32. The van der Waals surface area contributed by atoms with Crippen molar-refractivity contribution >= 4 is 43.5 Å². The van der Waals surface area contributed by atoms with E-state index in [9.17, 15) is 18.0 Å². The highest BCUT2D eigenvalue weighted by atomic mass is 79.9. The van der Waals surface area contributed by atoms with Gasteiger partial charge in [0.15, 0.2) is 0 Å². The maximum Gasteiger partial charge on any atom is 0.244 e. The molecule has 0 saturated heterocycles. The molecule has 9 heteroatoms. The van der Waals surface area contributed by atoms with Gasteiger partial charge in [-0.05, 0) is 47.0 Å². The third-order valence-corrected chi connectivity index (χ3v) is 6.67. The number of likely N-dealkylation sites (N-methyl/N-ethyl adjacent to an activating group) is 1. The Kier molecular flexibility index (Phi) is 8.64. The van der Waals surface area contributed by atoms with Crippen molar-refractivity contribution in [2.24, 2.45) is 0 Å². The number of para-hydroxylation sites is 1. The number of nitrogens with zero attached hydrogens (tertiary/aromatic N) is 2. The molecule has 2 rings (SSSR count). The molecule has 0 bridgehead atoms. The molecule has 31 heavy (non-hydrogen) atoms. The van der Waals surface area contributed by atoms with E-state index in [4.69, 9.17) is 0 Å². The predicted molar refractivity (Wildman–Crippen MR) is 126 cm³/mol. The highest BCUT2D eigenvalue weighted by Gasteiger charge is 2.31. The lowest BCUT2D eigenvalue weighted by atomic mass is 10.1. The smallest absolute Gasteiger partial charge is 0.244 e. The molecule has 7 nitrogen and oxygen atoms in total. The largest absolute Gasteiger partial charge is 0.357 e. The van der Waals surface area contributed by atoms with Crippen molar-refractivity contribution in [3.8, 4) is 0 Å². The Balaban J connectivity index is 2.44. The SMILES string of the molecule is CC[C@@H](C(=O)NC)N(Cc1cccc(C)c1)C(=O)CN(c1ccccc1Br)S(C)(=O)=O. The molecular weight excluding hydrogens is 482 g/mol. The summed E-state index contributed by atoms with van der Waals surface area (Å²) in [7, 11) is -2.23. The molecule has 2 amide bonds. The average molecular weight is 510 g/mol. The normalized spacial score (nSPS) is 12.2. The molecule has 0 saturated carbocycles. The van der Waals surface area contributed by atoms with Crippen molar-refractivity contribution in [2.45, 2.75) is 32.9 Å². The zero-order chi connectivity index (χ0) is 23.2. The van der Waals surface area contributed by atoms with Crippen LogP contribution in [0.2, 0.25) is 0 Å². The Labute approximate surface area is 192 Å². The number of nitrogens with one attached hydrogen (secondary N) is 1. The number of rotatable bonds is 9. The highest BCUT2D eigenvalue weighted by molar-refractivity contribution is 9.10. The summed E-state index contributed by atoms with van der Waals surface area (Å²) >= 11 is 3.36. The zero-order valence-electron chi connectivity index (χ0n) is 18.1. The minimum Gasteiger partial charge on any atom is -0.357 e. The van der Waals surface area contributed by atoms with Crippen molar-refractivity contribution in [3.63, 3.8) is 0 Å². The fourth-order valence-corrected chi connectivity index (χ4v) is 4.82. The van der Waals surface area contributed by atoms with Crippen LogP contribution in [-0.2, 0) is 26.2 Å². The number of carbonyl (C=O) groups excluding carboxylic acids is 2. The predicted octanol–water partition coefficient (Wildman–Crippen LogP) is 3.08. The maximum absolute atomic E-state index is 13.4. The van der Waals surface area contributed by atoms with Gasteiger partial charge in [-0.15, -0.1) is 0 Å².